The van der Waals surface area contributed by atoms with Gasteiger partial charge in [0.1, 0.15) is 5.75 Å². The fourth-order valence-electron chi connectivity index (χ4n) is 2.18. The van der Waals surface area contributed by atoms with Gasteiger partial charge in [0, 0.05) is 40.7 Å². The fourth-order valence-corrected chi connectivity index (χ4v) is 4.81. The highest BCUT2D eigenvalue weighted by Gasteiger charge is 2.17. The van der Waals surface area contributed by atoms with Gasteiger partial charge in [-0.15, -0.1) is 0 Å². The van der Waals surface area contributed by atoms with Crippen molar-refractivity contribution in [3.8, 4) is 5.75 Å². The van der Waals surface area contributed by atoms with Crippen molar-refractivity contribution in [1.29, 1.82) is 0 Å². The van der Waals surface area contributed by atoms with Crippen LogP contribution < -0.4 is 5.32 Å². The predicted octanol–water partition coefficient (Wildman–Crippen LogP) is 3.28. The molecule has 1 aliphatic rings. The first-order chi connectivity index (χ1) is 8.81. The molecule has 2 unspecified atom stereocenters. The maximum absolute atomic E-state index is 9.90. The molecule has 1 aromatic rings. The predicted molar refractivity (Wildman–Crippen MR) is 82.7 cm³/mol. The summed E-state index contributed by atoms with van der Waals surface area (Å²) in [7, 11) is 0. The minimum absolute atomic E-state index is 0.263. The number of para-hydroxylation sites is 1. The van der Waals surface area contributed by atoms with Gasteiger partial charge < -0.3 is 10.4 Å². The summed E-state index contributed by atoms with van der Waals surface area (Å²) in [5.74, 6) is 4.21. The highest BCUT2D eigenvalue weighted by molar-refractivity contribution is 8.06. The molecule has 2 nitrogen and oxygen atoms in total. The third kappa shape index (κ3) is 3.84. The number of rotatable bonds is 5. The Kier molecular flexibility index (Phi) is 5.73. The van der Waals surface area contributed by atoms with E-state index in [-0.39, 0.29) is 6.04 Å². The smallest absolute Gasteiger partial charge is 0.120 e. The summed E-state index contributed by atoms with van der Waals surface area (Å²) in [4.78, 5) is 0. The summed E-state index contributed by atoms with van der Waals surface area (Å²) < 4.78 is 0. The average molecular weight is 283 g/mol. The van der Waals surface area contributed by atoms with Crippen LogP contribution in [0.1, 0.15) is 24.9 Å². The molecule has 1 saturated heterocycles. The van der Waals surface area contributed by atoms with Crippen LogP contribution in [0.25, 0.3) is 0 Å². The van der Waals surface area contributed by atoms with E-state index >= 15 is 0 Å². The van der Waals surface area contributed by atoms with Crippen LogP contribution in [0.2, 0.25) is 0 Å². The van der Waals surface area contributed by atoms with Crippen molar-refractivity contribution >= 4 is 23.5 Å². The number of phenols is 1. The summed E-state index contributed by atoms with van der Waals surface area (Å²) in [5.41, 5.74) is 1.02. The second-order valence-electron chi connectivity index (χ2n) is 4.50. The molecule has 0 bridgehead atoms. The number of nitrogens with one attached hydrogen (secondary N) is 1. The summed E-state index contributed by atoms with van der Waals surface area (Å²) in [5, 5.41) is 14.2. The second-order valence-corrected chi connectivity index (χ2v) is 7.05. The van der Waals surface area contributed by atoms with Gasteiger partial charge in [0.2, 0.25) is 0 Å². The van der Waals surface area contributed by atoms with Crippen LogP contribution in [0.3, 0.4) is 0 Å². The number of aromatic hydroxyl groups is 1. The number of hydrogen-bond donors (Lipinski definition) is 2. The highest BCUT2D eigenvalue weighted by Crippen LogP contribution is 2.27. The third-order valence-corrected chi connectivity index (χ3v) is 6.04. The molecule has 0 aliphatic carbocycles. The van der Waals surface area contributed by atoms with E-state index in [2.05, 4.69) is 35.8 Å². The molecule has 2 rings (SSSR count). The number of hydrogen-bond acceptors (Lipinski definition) is 4. The molecule has 1 fully saturated rings. The Bertz CT molecular complexity index is 367. The van der Waals surface area contributed by atoms with Crippen LogP contribution >= 0.6 is 23.5 Å². The van der Waals surface area contributed by atoms with Crippen LogP contribution in [-0.4, -0.2) is 34.2 Å². The second kappa shape index (κ2) is 7.31. The van der Waals surface area contributed by atoms with Gasteiger partial charge in [-0.2, -0.15) is 23.5 Å². The molecule has 0 spiro atoms. The zero-order valence-electron chi connectivity index (χ0n) is 10.8. The molecule has 1 aliphatic heterocycles. The van der Waals surface area contributed by atoms with Crippen molar-refractivity contribution in [3.05, 3.63) is 29.8 Å². The van der Waals surface area contributed by atoms with E-state index in [9.17, 15) is 5.11 Å². The van der Waals surface area contributed by atoms with Crippen LogP contribution in [0.5, 0.6) is 5.75 Å². The van der Waals surface area contributed by atoms with E-state index in [0.717, 1.165) is 18.5 Å². The van der Waals surface area contributed by atoms with Crippen LogP contribution in [-0.2, 0) is 0 Å². The molecule has 18 heavy (non-hydrogen) atoms. The Morgan fingerprint density at radius 2 is 2.22 bits per heavy atom. The monoisotopic (exact) mass is 283 g/mol. The quantitative estimate of drug-likeness (QED) is 0.868. The van der Waals surface area contributed by atoms with Crippen LogP contribution in [0.15, 0.2) is 24.3 Å². The first-order valence-corrected chi connectivity index (χ1v) is 8.72. The molecule has 0 saturated carbocycles. The van der Waals surface area contributed by atoms with Gasteiger partial charge in [0.15, 0.2) is 0 Å². The van der Waals surface area contributed by atoms with Crippen LogP contribution in [0, 0.1) is 0 Å². The zero-order valence-corrected chi connectivity index (χ0v) is 12.4. The number of thioether (sulfide) groups is 2. The standard InChI is InChI=1S/C14H21NOS2/c1-2-13(12-5-3-4-6-14(12)16)15-9-11-10-17-7-8-18-11/h3-6,11,13,15-16H,2,7-10H2,1H3. The fraction of sp³-hybridized carbons (Fsp3) is 0.571. The lowest BCUT2D eigenvalue weighted by Gasteiger charge is -2.25. The van der Waals surface area contributed by atoms with Gasteiger partial charge in [-0.25, -0.2) is 0 Å². The van der Waals surface area contributed by atoms with Gasteiger partial charge in [0.05, 0.1) is 0 Å². The molecule has 0 aromatic heterocycles. The molecule has 1 heterocycles. The first kappa shape index (κ1) is 14.1. The summed E-state index contributed by atoms with van der Waals surface area (Å²) >= 11 is 4.12. The van der Waals surface area contributed by atoms with E-state index < -0.39 is 0 Å². The number of phenolic OH excluding ortho intramolecular Hbond substituents is 1. The van der Waals surface area contributed by atoms with E-state index in [4.69, 9.17) is 0 Å². The minimum atomic E-state index is 0.263. The maximum Gasteiger partial charge on any atom is 0.120 e. The minimum Gasteiger partial charge on any atom is -0.508 e. The van der Waals surface area contributed by atoms with Gasteiger partial charge in [-0.1, -0.05) is 25.1 Å². The Morgan fingerprint density at radius 3 is 2.89 bits per heavy atom. The molecular weight excluding hydrogens is 262 g/mol. The lowest BCUT2D eigenvalue weighted by molar-refractivity contribution is 0.442. The van der Waals surface area contributed by atoms with Crippen molar-refractivity contribution in [2.24, 2.45) is 0 Å². The van der Waals surface area contributed by atoms with E-state index in [0.29, 0.717) is 11.0 Å². The van der Waals surface area contributed by atoms with Gasteiger partial charge in [-0.05, 0) is 12.5 Å². The highest BCUT2D eigenvalue weighted by atomic mass is 32.2. The molecule has 0 radical (unpaired) electrons. The van der Waals surface area contributed by atoms with Gasteiger partial charge >= 0.3 is 0 Å². The zero-order chi connectivity index (χ0) is 12.8. The third-order valence-electron chi connectivity index (χ3n) is 3.20. The Labute approximate surface area is 118 Å². The van der Waals surface area contributed by atoms with E-state index in [1.807, 2.05) is 18.2 Å². The van der Waals surface area contributed by atoms with Crippen molar-refractivity contribution in [2.45, 2.75) is 24.6 Å². The maximum atomic E-state index is 9.90. The number of benzene rings is 1. The molecule has 100 valence electrons. The van der Waals surface area contributed by atoms with Crippen LogP contribution in [0.4, 0.5) is 0 Å². The summed E-state index contributed by atoms with van der Waals surface area (Å²) in [6.45, 7) is 3.19. The summed E-state index contributed by atoms with van der Waals surface area (Å²) in [6.07, 6.45) is 1.00. The van der Waals surface area contributed by atoms with E-state index in [1.165, 1.54) is 17.3 Å². The van der Waals surface area contributed by atoms with Crippen molar-refractivity contribution in [1.82, 2.24) is 5.32 Å². The Balaban J connectivity index is 1.91. The van der Waals surface area contributed by atoms with Gasteiger partial charge in [-0.3, -0.25) is 0 Å². The Hall–Kier alpha value is -0.320. The molecule has 2 N–H and O–H groups in total. The van der Waals surface area contributed by atoms with E-state index in [1.54, 1.807) is 6.07 Å². The lowest BCUT2D eigenvalue weighted by Crippen LogP contribution is -2.31. The normalized spacial score (nSPS) is 21.7. The SMILES string of the molecule is CCC(NCC1CSCCS1)c1ccccc1O. The topological polar surface area (TPSA) is 32.3 Å². The first-order valence-electron chi connectivity index (χ1n) is 6.52. The van der Waals surface area contributed by atoms with Crippen molar-refractivity contribution in [3.63, 3.8) is 0 Å². The largest absolute Gasteiger partial charge is 0.508 e. The molecule has 2 atom stereocenters. The average Bonchev–Trinajstić information content (AvgIpc) is 2.42. The molecule has 4 heteroatoms. The lowest BCUT2D eigenvalue weighted by atomic mass is 10.0. The molecule has 0 amide bonds. The summed E-state index contributed by atoms with van der Waals surface area (Å²) in [6, 6.07) is 7.91. The van der Waals surface area contributed by atoms with Crippen molar-refractivity contribution < 1.29 is 5.11 Å². The molecular formula is C14H21NOS2. The molecule has 1 aromatic carbocycles. The van der Waals surface area contributed by atoms with Gasteiger partial charge in [0.25, 0.3) is 0 Å². The van der Waals surface area contributed by atoms with Crippen molar-refractivity contribution in [2.75, 3.05) is 23.8 Å². The Morgan fingerprint density at radius 1 is 1.39 bits per heavy atom.